The summed E-state index contributed by atoms with van der Waals surface area (Å²) in [7, 11) is 0. The maximum Gasteiger partial charge on any atom is 0.0105 e. The summed E-state index contributed by atoms with van der Waals surface area (Å²) in [5, 5.41) is 0. The highest BCUT2D eigenvalue weighted by atomic mass is 32.2. The van der Waals surface area contributed by atoms with Gasteiger partial charge in [0.25, 0.3) is 0 Å². The second-order valence-electron chi connectivity index (χ2n) is 3.85. The molecule has 0 saturated heterocycles. The Labute approximate surface area is 97.4 Å². The number of nitrogens with two attached hydrogens (primary N) is 1. The van der Waals surface area contributed by atoms with Crippen LogP contribution in [0.15, 0.2) is 23.1 Å². The fourth-order valence-corrected chi connectivity index (χ4v) is 2.69. The van der Waals surface area contributed by atoms with Crippen LogP contribution in [-0.4, -0.2) is 12.3 Å². The van der Waals surface area contributed by atoms with Gasteiger partial charge >= 0.3 is 0 Å². The lowest BCUT2D eigenvalue weighted by Gasteiger charge is -2.09. The van der Waals surface area contributed by atoms with Gasteiger partial charge in [-0.2, -0.15) is 0 Å². The second-order valence-corrected chi connectivity index (χ2v) is 4.99. The number of benzene rings is 1. The number of thioether (sulfide) groups is 1. The molecule has 0 fully saturated rings. The molecule has 2 N–H and O–H groups in total. The summed E-state index contributed by atoms with van der Waals surface area (Å²) in [6, 6.07) is 6.69. The van der Waals surface area contributed by atoms with Crippen LogP contribution in [0.1, 0.15) is 30.9 Å². The third-order valence-corrected chi connectivity index (χ3v) is 3.59. The van der Waals surface area contributed by atoms with Crippen molar-refractivity contribution < 1.29 is 0 Å². The first kappa shape index (κ1) is 12.6. The van der Waals surface area contributed by atoms with Crippen molar-refractivity contribution in [1.29, 1.82) is 0 Å². The lowest BCUT2D eigenvalue weighted by molar-refractivity contribution is 0.893. The van der Waals surface area contributed by atoms with Gasteiger partial charge in [0.15, 0.2) is 0 Å². The highest BCUT2D eigenvalue weighted by Gasteiger charge is 2.02. The van der Waals surface area contributed by atoms with E-state index in [0.717, 1.165) is 13.0 Å². The molecule has 0 saturated carbocycles. The first-order valence-electron chi connectivity index (χ1n) is 5.70. The Bertz CT molecular complexity index is 297. The summed E-state index contributed by atoms with van der Waals surface area (Å²) in [6.45, 7) is 5.11. The topological polar surface area (TPSA) is 26.0 Å². The van der Waals surface area contributed by atoms with Gasteiger partial charge in [-0.1, -0.05) is 31.0 Å². The smallest absolute Gasteiger partial charge is 0.0105 e. The molecule has 1 rings (SSSR count). The summed E-state index contributed by atoms with van der Waals surface area (Å²) in [5.74, 6) is 1.22. The van der Waals surface area contributed by atoms with Gasteiger partial charge in [-0.15, -0.1) is 11.8 Å². The van der Waals surface area contributed by atoms with E-state index in [2.05, 4.69) is 32.0 Å². The fourth-order valence-electron chi connectivity index (χ4n) is 1.53. The molecular formula is C13H21NS. The van der Waals surface area contributed by atoms with Crippen LogP contribution < -0.4 is 5.73 Å². The zero-order chi connectivity index (χ0) is 11.1. The average molecular weight is 223 g/mol. The minimum atomic E-state index is 0.741. The Morgan fingerprint density at radius 1 is 1.33 bits per heavy atom. The van der Waals surface area contributed by atoms with E-state index >= 15 is 0 Å². The first-order chi connectivity index (χ1) is 7.27. The third-order valence-electron chi connectivity index (χ3n) is 2.39. The molecule has 1 aromatic carbocycles. The predicted molar refractivity (Wildman–Crippen MR) is 69.6 cm³/mol. The van der Waals surface area contributed by atoms with Gasteiger partial charge in [-0.25, -0.2) is 0 Å². The van der Waals surface area contributed by atoms with E-state index in [1.54, 1.807) is 0 Å². The second kappa shape index (κ2) is 6.91. The van der Waals surface area contributed by atoms with Crippen molar-refractivity contribution in [2.24, 2.45) is 5.73 Å². The summed E-state index contributed by atoms with van der Waals surface area (Å²) >= 11 is 1.96. The maximum atomic E-state index is 5.63. The quantitative estimate of drug-likeness (QED) is 0.591. The van der Waals surface area contributed by atoms with E-state index < -0.39 is 0 Å². The highest BCUT2D eigenvalue weighted by Crippen LogP contribution is 2.25. The molecule has 1 aromatic rings. The van der Waals surface area contributed by atoms with Crippen LogP contribution in [0.2, 0.25) is 0 Å². The molecule has 0 amide bonds. The average Bonchev–Trinajstić information content (AvgIpc) is 2.22. The van der Waals surface area contributed by atoms with Gasteiger partial charge < -0.3 is 5.73 Å². The minimum absolute atomic E-state index is 0.741. The fraction of sp³-hybridized carbons (Fsp3) is 0.538. The molecule has 0 spiro atoms. The molecule has 15 heavy (non-hydrogen) atoms. The summed E-state index contributed by atoms with van der Waals surface area (Å²) in [6.07, 6.45) is 3.56. The van der Waals surface area contributed by atoms with Gasteiger partial charge in [0.05, 0.1) is 0 Å². The van der Waals surface area contributed by atoms with Crippen molar-refractivity contribution in [1.82, 2.24) is 0 Å². The van der Waals surface area contributed by atoms with Crippen LogP contribution in [0.3, 0.4) is 0 Å². The molecule has 0 heterocycles. The van der Waals surface area contributed by atoms with Gasteiger partial charge in [-0.05, 0) is 43.7 Å². The number of hydrogen-bond acceptors (Lipinski definition) is 2. The molecule has 84 valence electrons. The number of unbranched alkanes of at least 4 members (excludes halogenated alkanes) is 1. The van der Waals surface area contributed by atoms with Crippen LogP contribution in [0.4, 0.5) is 0 Å². The number of hydrogen-bond donors (Lipinski definition) is 1. The van der Waals surface area contributed by atoms with Gasteiger partial charge in [-0.3, -0.25) is 0 Å². The largest absolute Gasteiger partial charge is 0.330 e. The Hall–Kier alpha value is -0.470. The van der Waals surface area contributed by atoms with Crippen molar-refractivity contribution >= 4 is 11.8 Å². The number of rotatable bonds is 6. The summed E-state index contributed by atoms with van der Waals surface area (Å²) < 4.78 is 0. The maximum absolute atomic E-state index is 5.63. The molecule has 0 aliphatic carbocycles. The van der Waals surface area contributed by atoms with Crippen LogP contribution in [0, 0.1) is 6.92 Å². The molecule has 0 unspecified atom stereocenters. The zero-order valence-corrected chi connectivity index (χ0v) is 10.6. The molecule has 0 atom stereocenters. The lowest BCUT2D eigenvalue weighted by atomic mass is 10.1. The lowest BCUT2D eigenvalue weighted by Crippen LogP contribution is -2.04. The Morgan fingerprint density at radius 2 is 2.13 bits per heavy atom. The zero-order valence-electron chi connectivity index (χ0n) is 9.75. The van der Waals surface area contributed by atoms with Gasteiger partial charge in [0.2, 0.25) is 0 Å². The minimum Gasteiger partial charge on any atom is -0.330 e. The van der Waals surface area contributed by atoms with Crippen LogP contribution in [0.25, 0.3) is 0 Å². The SMILES string of the molecule is CCCCSc1ccc(C)cc1CCN. The summed E-state index contributed by atoms with van der Waals surface area (Å²) in [4.78, 5) is 1.42. The van der Waals surface area contributed by atoms with Crippen molar-refractivity contribution in [2.75, 3.05) is 12.3 Å². The summed E-state index contributed by atoms with van der Waals surface area (Å²) in [5.41, 5.74) is 8.37. The molecule has 0 aromatic heterocycles. The van der Waals surface area contributed by atoms with E-state index in [4.69, 9.17) is 5.73 Å². The molecule has 1 nitrogen and oxygen atoms in total. The van der Waals surface area contributed by atoms with E-state index in [9.17, 15) is 0 Å². The Balaban J connectivity index is 2.67. The van der Waals surface area contributed by atoms with Crippen molar-refractivity contribution in [3.8, 4) is 0 Å². The normalized spacial score (nSPS) is 10.6. The molecule has 2 heteroatoms. The van der Waals surface area contributed by atoms with Crippen molar-refractivity contribution in [3.05, 3.63) is 29.3 Å². The molecule has 0 radical (unpaired) electrons. The monoisotopic (exact) mass is 223 g/mol. The van der Waals surface area contributed by atoms with Crippen molar-refractivity contribution in [2.45, 2.75) is 38.0 Å². The molecule has 0 bridgehead atoms. The van der Waals surface area contributed by atoms with Crippen LogP contribution >= 0.6 is 11.8 Å². The first-order valence-corrected chi connectivity index (χ1v) is 6.69. The predicted octanol–water partition coefficient (Wildman–Crippen LogP) is 3.39. The third kappa shape index (κ3) is 4.27. The van der Waals surface area contributed by atoms with E-state index in [1.807, 2.05) is 11.8 Å². The Morgan fingerprint density at radius 3 is 2.80 bits per heavy atom. The molecule has 0 aliphatic heterocycles. The van der Waals surface area contributed by atoms with Crippen molar-refractivity contribution in [3.63, 3.8) is 0 Å². The standard InChI is InChI=1S/C13H21NS/c1-3-4-9-15-13-6-5-11(2)10-12(13)7-8-14/h5-6,10H,3-4,7-9,14H2,1-2H3. The van der Waals surface area contributed by atoms with Crippen LogP contribution in [-0.2, 0) is 6.42 Å². The van der Waals surface area contributed by atoms with E-state index in [-0.39, 0.29) is 0 Å². The molecule has 0 aliphatic rings. The van der Waals surface area contributed by atoms with Crippen LogP contribution in [0.5, 0.6) is 0 Å². The Kier molecular flexibility index (Phi) is 5.81. The number of aryl methyl sites for hydroxylation is 1. The molecular weight excluding hydrogens is 202 g/mol. The highest BCUT2D eigenvalue weighted by molar-refractivity contribution is 7.99. The van der Waals surface area contributed by atoms with Gasteiger partial charge in [0, 0.05) is 4.90 Å². The van der Waals surface area contributed by atoms with Gasteiger partial charge in [0.1, 0.15) is 0 Å². The van der Waals surface area contributed by atoms with E-state index in [0.29, 0.717) is 0 Å². The van der Waals surface area contributed by atoms with E-state index in [1.165, 1.54) is 34.6 Å².